The molecule has 1 fully saturated rings. The van der Waals surface area contributed by atoms with Crippen molar-refractivity contribution in [3.63, 3.8) is 0 Å². The SMILES string of the molecule is O=C(NCC(F)(F)CO)C1CC1c1ccccc1. The largest absolute Gasteiger partial charge is 0.390 e. The molecule has 1 aliphatic carbocycles. The molecule has 1 aromatic carbocycles. The molecule has 3 nitrogen and oxygen atoms in total. The van der Waals surface area contributed by atoms with Crippen LogP contribution in [0, 0.1) is 5.92 Å². The third kappa shape index (κ3) is 3.04. The summed E-state index contributed by atoms with van der Waals surface area (Å²) in [7, 11) is 0. The van der Waals surface area contributed by atoms with Crippen LogP contribution >= 0.6 is 0 Å². The molecular weight excluding hydrogens is 240 g/mol. The van der Waals surface area contributed by atoms with Gasteiger partial charge in [-0.2, -0.15) is 0 Å². The minimum Gasteiger partial charge on any atom is -0.390 e. The highest BCUT2D eigenvalue weighted by molar-refractivity contribution is 5.82. The quantitative estimate of drug-likeness (QED) is 0.838. The molecule has 98 valence electrons. The summed E-state index contributed by atoms with van der Waals surface area (Å²) < 4.78 is 25.5. The van der Waals surface area contributed by atoms with Crippen LogP contribution in [0.3, 0.4) is 0 Å². The molecule has 2 N–H and O–H groups in total. The number of aliphatic hydroxyl groups is 1. The van der Waals surface area contributed by atoms with Gasteiger partial charge in [0.05, 0.1) is 6.54 Å². The maximum absolute atomic E-state index is 12.8. The second-order valence-electron chi connectivity index (χ2n) is 4.59. The van der Waals surface area contributed by atoms with Crippen LogP contribution in [0.4, 0.5) is 8.78 Å². The number of alkyl halides is 2. The first kappa shape index (κ1) is 13.0. The van der Waals surface area contributed by atoms with Gasteiger partial charge in [0, 0.05) is 5.92 Å². The summed E-state index contributed by atoms with van der Waals surface area (Å²) >= 11 is 0. The molecule has 0 radical (unpaired) electrons. The van der Waals surface area contributed by atoms with E-state index < -0.39 is 19.1 Å². The fourth-order valence-electron chi connectivity index (χ4n) is 1.96. The number of benzene rings is 1. The van der Waals surface area contributed by atoms with Gasteiger partial charge in [-0.1, -0.05) is 30.3 Å². The molecule has 2 unspecified atom stereocenters. The van der Waals surface area contributed by atoms with Crippen LogP contribution in [0.2, 0.25) is 0 Å². The number of carbonyl (C=O) groups excluding carboxylic acids is 1. The third-order valence-electron chi connectivity index (χ3n) is 3.11. The van der Waals surface area contributed by atoms with Crippen LogP contribution < -0.4 is 5.32 Å². The van der Waals surface area contributed by atoms with Gasteiger partial charge in [0.1, 0.15) is 6.61 Å². The molecule has 2 atom stereocenters. The molecule has 2 rings (SSSR count). The van der Waals surface area contributed by atoms with Crippen molar-refractivity contribution in [2.75, 3.05) is 13.2 Å². The standard InChI is InChI=1S/C13H15F2NO2/c14-13(15,8-17)7-16-12(18)11-6-10(11)9-4-2-1-3-5-9/h1-5,10-11,17H,6-8H2,(H,16,18). The predicted molar refractivity (Wildman–Crippen MR) is 62.3 cm³/mol. The van der Waals surface area contributed by atoms with Crippen molar-refractivity contribution in [3.05, 3.63) is 35.9 Å². The van der Waals surface area contributed by atoms with Gasteiger partial charge >= 0.3 is 0 Å². The van der Waals surface area contributed by atoms with Crippen LogP contribution in [-0.2, 0) is 4.79 Å². The molecule has 18 heavy (non-hydrogen) atoms. The Morgan fingerprint density at radius 3 is 2.67 bits per heavy atom. The lowest BCUT2D eigenvalue weighted by Gasteiger charge is -2.13. The topological polar surface area (TPSA) is 49.3 Å². The zero-order valence-corrected chi connectivity index (χ0v) is 9.77. The maximum atomic E-state index is 12.8. The molecular formula is C13H15F2NO2. The van der Waals surface area contributed by atoms with E-state index in [1.54, 1.807) is 0 Å². The van der Waals surface area contributed by atoms with Crippen molar-refractivity contribution in [1.29, 1.82) is 0 Å². The molecule has 1 amide bonds. The number of hydrogen-bond donors (Lipinski definition) is 2. The Kier molecular flexibility index (Phi) is 3.61. The molecule has 0 aliphatic heterocycles. The van der Waals surface area contributed by atoms with Gasteiger partial charge in [0.25, 0.3) is 5.92 Å². The lowest BCUT2D eigenvalue weighted by molar-refractivity contribution is -0.125. The summed E-state index contributed by atoms with van der Waals surface area (Å²) in [5.41, 5.74) is 1.06. The van der Waals surface area contributed by atoms with Gasteiger partial charge in [0.2, 0.25) is 5.91 Å². The molecule has 0 heterocycles. The number of hydrogen-bond acceptors (Lipinski definition) is 2. The Morgan fingerprint density at radius 2 is 2.06 bits per heavy atom. The van der Waals surface area contributed by atoms with Crippen molar-refractivity contribution < 1.29 is 18.7 Å². The molecule has 0 saturated heterocycles. The molecule has 1 aliphatic rings. The fraction of sp³-hybridized carbons (Fsp3) is 0.462. The van der Waals surface area contributed by atoms with E-state index in [9.17, 15) is 13.6 Å². The molecule has 1 saturated carbocycles. The molecule has 5 heteroatoms. The Balaban J connectivity index is 1.83. The Labute approximate surface area is 104 Å². The Hall–Kier alpha value is -1.49. The third-order valence-corrected chi connectivity index (χ3v) is 3.11. The number of aliphatic hydroxyl groups excluding tert-OH is 1. The first-order valence-electron chi connectivity index (χ1n) is 5.85. The smallest absolute Gasteiger partial charge is 0.287 e. The maximum Gasteiger partial charge on any atom is 0.287 e. The van der Waals surface area contributed by atoms with Crippen LogP contribution in [0.15, 0.2) is 30.3 Å². The second-order valence-corrected chi connectivity index (χ2v) is 4.59. The van der Waals surface area contributed by atoms with Gasteiger partial charge in [-0.25, -0.2) is 8.78 Å². The summed E-state index contributed by atoms with van der Waals surface area (Å²) in [6, 6.07) is 9.54. The minimum atomic E-state index is -3.24. The van der Waals surface area contributed by atoms with E-state index in [-0.39, 0.29) is 17.7 Å². The zero-order valence-electron chi connectivity index (χ0n) is 9.77. The zero-order chi connectivity index (χ0) is 13.2. The van der Waals surface area contributed by atoms with Crippen molar-refractivity contribution in [3.8, 4) is 0 Å². The number of amides is 1. The van der Waals surface area contributed by atoms with Crippen LogP contribution in [-0.4, -0.2) is 30.1 Å². The highest BCUT2D eigenvalue weighted by atomic mass is 19.3. The normalized spacial score (nSPS) is 22.6. The Bertz CT molecular complexity index is 422. The fourth-order valence-corrected chi connectivity index (χ4v) is 1.96. The lowest BCUT2D eigenvalue weighted by atomic mass is 10.1. The minimum absolute atomic E-state index is 0.133. The average molecular weight is 255 g/mol. The van der Waals surface area contributed by atoms with Crippen molar-refractivity contribution in [1.82, 2.24) is 5.32 Å². The monoisotopic (exact) mass is 255 g/mol. The van der Waals surface area contributed by atoms with Gasteiger partial charge < -0.3 is 10.4 Å². The Morgan fingerprint density at radius 1 is 1.39 bits per heavy atom. The predicted octanol–water partition coefficient (Wildman–Crippen LogP) is 1.53. The van der Waals surface area contributed by atoms with E-state index in [1.165, 1.54) is 0 Å². The highest BCUT2D eigenvalue weighted by Crippen LogP contribution is 2.47. The second kappa shape index (κ2) is 5.02. The summed E-state index contributed by atoms with van der Waals surface area (Å²) in [5.74, 6) is -3.69. The van der Waals surface area contributed by atoms with Crippen molar-refractivity contribution in [2.45, 2.75) is 18.3 Å². The molecule has 0 bridgehead atoms. The lowest BCUT2D eigenvalue weighted by Crippen LogP contribution is -2.39. The number of rotatable bonds is 5. The summed E-state index contributed by atoms with van der Waals surface area (Å²) in [5, 5.41) is 10.6. The van der Waals surface area contributed by atoms with Gasteiger partial charge in [-0.3, -0.25) is 4.79 Å². The number of nitrogens with one attached hydrogen (secondary N) is 1. The van der Waals surface area contributed by atoms with Gasteiger partial charge in [-0.05, 0) is 17.9 Å². The van der Waals surface area contributed by atoms with E-state index in [0.29, 0.717) is 6.42 Å². The number of carbonyl (C=O) groups is 1. The number of halogens is 2. The van der Waals surface area contributed by atoms with Crippen molar-refractivity contribution >= 4 is 5.91 Å². The van der Waals surface area contributed by atoms with Crippen LogP contribution in [0.1, 0.15) is 17.9 Å². The van der Waals surface area contributed by atoms with Gasteiger partial charge in [0.15, 0.2) is 0 Å². The summed E-state index contributed by atoms with van der Waals surface area (Å²) in [6.07, 6.45) is 0.695. The first-order chi connectivity index (χ1) is 8.53. The van der Waals surface area contributed by atoms with Gasteiger partial charge in [-0.15, -0.1) is 0 Å². The van der Waals surface area contributed by atoms with Crippen LogP contribution in [0.5, 0.6) is 0 Å². The van der Waals surface area contributed by atoms with E-state index in [1.807, 2.05) is 30.3 Å². The molecule has 0 aromatic heterocycles. The summed E-state index contributed by atoms with van der Waals surface area (Å²) in [6.45, 7) is -2.06. The average Bonchev–Trinajstić information content (AvgIpc) is 3.17. The highest BCUT2D eigenvalue weighted by Gasteiger charge is 2.44. The van der Waals surface area contributed by atoms with E-state index in [2.05, 4.69) is 5.32 Å². The van der Waals surface area contributed by atoms with E-state index in [0.717, 1.165) is 5.56 Å². The first-order valence-corrected chi connectivity index (χ1v) is 5.85. The van der Waals surface area contributed by atoms with Crippen molar-refractivity contribution in [2.24, 2.45) is 5.92 Å². The molecule has 1 aromatic rings. The molecule has 0 spiro atoms. The van der Waals surface area contributed by atoms with E-state index in [4.69, 9.17) is 5.11 Å². The van der Waals surface area contributed by atoms with E-state index >= 15 is 0 Å². The van der Waals surface area contributed by atoms with Crippen LogP contribution in [0.25, 0.3) is 0 Å². The summed E-state index contributed by atoms with van der Waals surface area (Å²) in [4.78, 5) is 11.6.